The average Bonchev–Trinajstić information content (AvgIpc) is 2.68. The third-order valence-electron chi connectivity index (χ3n) is 4.52. The van der Waals surface area contributed by atoms with Gasteiger partial charge in [-0.2, -0.15) is 0 Å². The molecule has 0 radical (unpaired) electrons. The number of hydrogen-bond donors (Lipinski definition) is 3. The van der Waals surface area contributed by atoms with Crippen molar-refractivity contribution in [2.45, 2.75) is 38.7 Å². The molecule has 0 spiro atoms. The van der Waals surface area contributed by atoms with E-state index in [0.29, 0.717) is 5.92 Å². The highest BCUT2D eigenvalue weighted by Gasteiger charge is 2.64. The quantitative estimate of drug-likeness (QED) is 0.254. The van der Waals surface area contributed by atoms with E-state index in [1.165, 1.54) is 0 Å². The molecule has 0 aromatic rings. The van der Waals surface area contributed by atoms with Crippen molar-refractivity contribution in [1.29, 1.82) is 0 Å². The van der Waals surface area contributed by atoms with Gasteiger partial charge in [-0.3, -0.25) is 0 Å². The maximum absolute atomic E-state index is 10.6. The summed E-state index contributed by atoms with van der Waals surface area (Å²) in [6.07, 6.45) is 3.14. The van der Waals surface area contributed by atoms with Crippen molar-refractivity contribution in [3.8, 4) is 0 Å². The Balaban J connectivity index is 2.44. The monoisotopic (exact) mass is 198 g/mol. The van der Waals surface area contributed by atoms with Crippen LogP contribution < -0.4 is 5.73 Å². The fourth-order valence-electron chi connectivity index (χ4n) is 3.47. The van der Waals surface area contributed by atoms with Crippen molar-refractivity contribution in [2.24, 2.45) is 28.1 Å². The Morgan fingerprint density at radius 1 is 1.36 bits per heavy atom. The zero-order valence-electron chi connectivity index (χ0n) is 8.70. The molecule has 4 N–H and O–H groups in total. The van der Waals surface area contributed by atoms with E-state index < -0.39 is 5.60 Å². The first-order valence-corrected chi connectivity index (χ1v) is 5.15. The highest BCUT2D eigenvalue weighted by molar-refractivity contribution is 5.90. The van der Waals surface area contributed by atoms with Gasteiger partial charge in [-0.15, -0.1) is 0 Å². The van der Waals surface area contributed by atoms with Crippen LogP contribution in [0.25, 0.3) is 0 Å². The molecule has 0 unspecified atom stereocenters. The van der Waals surface area contributed by atoms with Gasteiger partial charge in [0.1, 0.15) is 5.60 Å². The summed E-state index contributed by atoms with van der Waals surface area (Å²) in [5.41, 5.74) is 4.25. The fraction of sp³-hybridized carbons (Fsp3) is 0.900. The predicted octanol–water partition coefficient (Wildman–Crippen LogP) is 0.920. The first-order chi connectivity index (χ1) is 6.44. The van der Waals surface area contributed by atoms with Crippen LogP contribution in [0.5, 0.6) is 0 Å². The predicted molar refractivity (Wildman–Crippen MR) is 53.0 cm³/mol. The largest absolute Gasteiger partial charge is 0.409 e. The van der Waals surface area contributed by atoms with Crippen molar-refractivity contribution < 1.29 is 10.3 Å². The van der Waals surface area contributed by atoms with Gasteiger partial charge in [0, 0.05) is 5.41 Å². The van der Waals surface area contributed by atoms with Gasteiger partial charge in [-0.25, -0.2) is 0 Å². The topological polar surface area (TPSA) is 78.8 Å². The lowest BCUT2D eigenvalue weighted by molar-refractivity contribution is -0.0511. The molecule has 0 saturated heterocycles. The summed E-state index contributed by atoms with van der Waals surface area (Å²) in [4.78, 5) is 0. The van der Waals surface area contributed by atoms with E-state index in [1.54, 1.807) is 0 Å². The average molecular weight is 198 g/mol. The second kappa shape index (κ2) is 2.63. The van der Waals surface area contributed by atoms with Crippen molar-refractivity contribution in [2.75, 3.05) is 0 Å². The third kappa shape index (κ3) is 0.848. The van der Waals surface area contributed by atoms with Crippen LogP contribution in [0.15, 0.2) is 5.16 Å². The summed E-state index contributed by atoms with van der Waals surface area (Å²) >= 11 is 0. The van der Waals surface area contributed by atoms with Crippen LogP contribution in [-0.2, 0) is 0 Å². The summed E-state index contributed by atoms with van der Waals surface area (Å²) in [6.45, 7) is 4.02. The Kier molecular flexibility index (Phi) is 1.83. The first-order valence-electron chi connectivity index (χ1n) is 5.15. The van der Waals surface area contributed by atoms with Gasteiger partial charge in [-0.05, 0) is 31.1 Å². The van der Waals surface area contributed by atoms with Crippen LogP contribution in [0.4, 0.5) is 0 Å². The van der Waals surface area contributed by atoms with Gasteiger partial charge in [0.05, 0.1) is 0 Å². The summed E-state index contributed by atoms with van der Waals surface area (Å²) in [5, 5.41) is 22.3. The van der Waals surface area contributed by atoms with E-state index in [2.05, 4.69) is 5.16 Å². The molecule has 0 aliphatic heterocycles. The molecule has 0 aromatic heterocycles. The Hall–Kier alpha value is -0.770. The Bertz CT molecular complexity index is 288. The number of oxime groups is 1. The minimum atomic E-state index is -1.11. The SMILES string of the molecule is CC1(C)[C@@H]2CC[C@H](C2)[C@]1(O)/C(N)=N\O. The van der Waals surface area contributed by atoms with Crippen molar-refractivity contribution in [1.82, 2.24) is 0 Å². The molecule has 0 aromatic carbocycles. The van der Waals surface area contributed by atoms with Crippen LogP contribution in [0, 0.1) is 17.3 Å². The lowest BCUT2D eigenvalue weighted by Gasteiger charge is -2.44. The number of rotatable bonds is 1. The van der Waals surface area contributed by atoms with E-state index in [4.69, 9.17) is 10.9 Å². The summed E-state index contributed by atoms with van der Waals surface area (Å²) in [7, 11) is 0. The number of hydrogen-bond acceptors (Lipinski definition) is 3. The fourth-order valence-corrected chi connectivity index (χ4v) is 3.47. The Labute approximate surface area is 83.8 Å². The van der Waals surface area contributed by atoms with Crippen molar-refractivity contribution >= 4 is 5.84 Å². The Morgan fingerprint density at radius 3 is 2.36 bits per heavy atom. The van der Waals surface area contributed by atoms with E-state index in [-0.39, 0.29) is 17.2 Å². The highest BCUT2D eigenvalue weighted by atomic mass is 16.4. The number of nitrogens with zero attached hydrogens (tertiary/aromatic N) is 1. The maximum Gasteiger partial charge on any atom is 0.172 e. The molecule has 2 aliphatic carbocycles. The summed E-state index contributed by atoms with van der Waals surface area (Å²) in [6, 6.07) is 0. The van der Waals surface area contributed by atoms with Gasteiger partial charge in [0.2, 0.25) is 0 Å². The van der Waals surface area contributed by atoms with E-state index in [0.717, 1.165) is 19.3 Å². The molecule has 0 amide bonds. The summed E-state index contributed by atoms with van der Waals surface area (Å²) in [5.74, 6) is 0.644. The molecule has 3 atom stereocenters. The van der Waals surface area contributed by atoms with Crippen LogP contribution in [0.2, 0.25) is 0 Å². The van der Waals surface area contributed by atoms with Gasteiger partial charge >= 0.3 is 0 Å². The zero-order valence-corrected chi connectivity index (χ0v) is 8.70. The second-order valence-electron chi connectivity index (χ2n) is 5.18. The number of nitrogens with two attached hydrogens (primary N) is 1. The molecular weight excluding hydrogens is 180 g/mol. The van der Waals surface area contributed by atoms with E-state index in [1.807, 2.05) is 13.8 Å². The van der Waals surface area contributed by atoms with Gasteiger partial charge < -0.3 is 16.0 Å². The molecule has 2 rings (SSSR count). The number of aliphatic hydroxyl groups is 1. The molecule has 0 heterocycles. The zero-order chi connectivity index (χ0) is 10.6. The number of fused-ring (bicyclic) bond motifs is 2. The molecule has 2 bridgehead atoms. The molecule has 80 valence electrons. The minimum absolute atomic E-state index is 0.0188. The molecule has 2 saturated carbocycles. The lowest BCUT2D eigenvalue weighted by atomic mass is 9.65. The smallest absolute Gasteiger partial charge is 0.172 e. The minimum Gasteiger partial charge on any atom is -0.409 e. The standard InChI is InChI=1S/C10H18N2O2/c1-9(2)6-3-4-7(5-6)10(9,13)8(11)12-14/h6-7,13-14H,3-5H2,1-2H3,(H2,11,12)/t6-,7-,10+/m1/s1. The molecule has 2 aliphatic rings. The van der Waals surface area contributed by atoms with E-state index in [9.17, 15) is 5.11 Å². The van der Waals surface area contributed by atoms with Crippen LogP contribution >= 0.6 is 0 Å². The maximum atomic E-state index is 10.6. The molecule has 4 heteroatoms. The number of amidine groups is 1. The summed E-state index contributed by atoms with van der Waals surface area (Å²) < 4.78 is 0. The molecule has 14 heavy (non-hydrogen) atoms. The molecule has 4 nitrogen and oxygen atoms in total. The second-order valence-corrected chi connectivity index (χ2v) is 5.18. The van der Waals surface area contributed by atoms with Gasteiger partial charge in [0.15, 0.2) is 5.84 Å². The van der Waals surface area contributed by atoms with Crippen LogP contribution in [-0.4, -0.2) is 21.8 Å². The van der Waals surface area contributed by atoms with Gasteiger partial charge in [0.25, 0.3) is 0 Å². The van der Waals surface area contributed by atoms with Gasteiger partial charge in [-0.1, -0.05) is 19.0 Å². The first kappa shape index (κ1) is 9.77. The van der Waals surface area contributed by atoms with Crippen LogP contribution in [0.1, 0.15) is 33.1 Å². The van der Waals surface area contributed by atoms with Crippen molar-refractivity contribution in [3.63, 3.8) is 0 Å². The molecular formula is C10H18N2O2. The van der Waals surface area contributed by atoms with E-state index >= 15 is 0 Å². The normalized spacial score (nSPS) is 45.8. The van der Waals surface area contributed by atoms with Crippen LogP contribution in [0.3, 0.4) is 0 Å². The Morgan fingerprint density at radius 2 is 1.93 bits per heavy atom. The van der Waals surface area contributed by atoms with Crippen molar-refractivity contribution in [3.05, 3.63) is 0 Å². The lowest BCUT2D eigenvalue weighted by Crippen LogP contribution is -2.58. The third-order valence-corrected chi connectivity index (χ3v) is 4.52. The highest BCUT2D eigenvalue weighted by Crippen LogP contribution is 2.61. The molecule has 2 fully saturated rings.